The van der Waals surface area contributed by atoms with E-state index >= 15 is 0 Å². The number of amides is 1. The summed E-state index contributed by atoms with van der Waals surface area (Å²) in [5, 5.41) is 20.1. The molecule has 1 amide bonds. The molecule has 2 aromatic rings. The van der Waals surface area contributed by atoms with E-state index in [1.807, 2.05) is 11.0 Å². The van der Waals surface area contributed by atoms with Crippen LogP contribution < -0.4 is 9.47 Å². The Labute approximate surface area is 145 Å². The number of phenols is 2. The standard InChI is InChI=1S/C19H19NO5/c1-24-17-8-12-10(6-15(17)21)3-4-20-14(12)5-11-7-16(22)18(25-2)9-13(11)19(20)23/h6-9,14,21-22H,3-5H2,1-2H3. The third-order valence-corrected chi connectivity index (χ3v) is 5.11. The summed E-state index contributed by atoms with van der Waals surface area (Å²) < 4.78 is 10.4. The average molecular weight is 341 g/mol. The molecule has 4 rings (SSSR count). The molecule has 130 valence electrons. The quantitative estimate of drug-likeness (QED) is 0.877. The topological polar surface area (TPSA) is 79.2 Å². The molecule has 0 radical (unpaired) electrons. The molecule has 0 bridgehead atoms. The second-order valence-electron chi connectivity index (χ2n) is 6.37. The number of hydrogen-bond donors (Lipinski definition) is 2. The van der Waals surface area contributed by atoms with Gasteiger partial charge in [0.05, 0.1) is 20.3 Å². The van der Waals surface area contributed by atoms with Gasteiger partial charge in [0.15, 0.2) is 23.0 Å². The Morgan fingerprint density at radius 3 is 2.32 bits per heavy atom. The van der Waals surface area contributed by atoms with Crippen LogP contribution in [0.15, 0.2) is 24.3 Å². The maximum Gasteiger partial charge on any atom is 0.254 e. The van der Waals surface area contributed by atoms with Crippen molar-refractivity contribution in [1.82, 2.24) is 4.90 Å². The summed E-state index contributed by atoms with van der Waals surface area (Å²) in [5.74, 6) is 0.773. The van der Waals surface area contributed by atoms with Gasteiger partial charge in [0.25, 0.3) is 5.91 Å². The highest BCUT2D eigenvalue weighted by Crippen LogP contribution is 2.43. The van der Waals surface area contributed by atoms with Crippen molar-refractivity contribution in [3.05, 3.63) is 46.5 Å². The van der Waals surface area contributed by atoms with Gasteiger partial charge in [0, 0.05) is 12.1 Å². The van der Waals surface area contributed by atoms with E-state index in [1.54, 1.807) is 18.2 Å². The molecule has 0 saturated heterocycles. The lowest BCUT2D eigenvalue weighted by Crippen LogP contribution is -2.44. The van der Waals surface area contributed by atoms with Crippen LogP contribution in [0, 0.1) is 0 Å². The second kappa shape index (κ2) is 5.58. The minimum Gasteiger partial charge on any atom is -0.504 e. The van der Waals surface area contributed by atoms with Crippen molar-refractivity contribution in [3.63, 3.8) is 0 Å². The Morgan fingerprint density at radius 2 is 1.64 bits per heavy atom. The van der Waals surface area contributed by atoms with Gasteiger partial charge in [-0.3, -0.25) is 4.79 Å². The fraction of sp³-hybridized carbons (Fsp3) is 0.316. The molecular formula is C19H19NO5. The van der Waals surface area contributed by atoms with E-state index < -0.39 is 0 Å². The van der Waals surface area contributed by atoms with Crippen LogP contribution in [0.1, 0.15) is 33.1 Å². The summed E-state index contributed by atoms with van der Waals surface area (Å²) in [4.78, 5) is 14.8. The molecule has 2 aromatic carbocycles. The van der Waals surface area contributed by atoms with Crippen molar-refractivity contribution >= 4 is 5.91 Å². The lowest BCUT2D eigenvalue weighted by atomic mass is 9.83. The van der Waals surface area contributed by atoms with Crippen LogP contribution in [-0.2, 0) is 12.8 Å². The van der Waals surface area contributed by atoms with Gasteiger partial charge in [-0.25, -0.2) is 0 Å². The molecule has 2 aliphatic heterocycles. The maximum absolute atomic E-state index is 13.0. The maximum atomic E-state index is 13.0. The fourth-order valence-corrected chi connectivity index (χ4v) is 3.85. The Balaban J connectivity index is 1.82. The van der Waals surface area contributed by atoms with E-state index in [0.29, 0.717) is 36.4 Å². The van der Waals surface area contributed by atoms with Crippen LogP contribution in [0.3, 0.4) is 0 Å². The Bertz CT molecular complexity index is 877. The minimum absolute atomic E-state index is 0.0295. The van der Waals surface area contributed by atoms with E-state index in [-0.39, 0.29) is 23.4 Å². The number of carbonyl (C=O) groups excluding carboxylic acids is 1. The number of methoxy groups -OCH3 is 2. The van der Waals surface area contributed by atoms with Crippen LogP contribution in [0.5, 0.6) is 23.0 Å². The molecule has 0 spiro atoms. The number of hydrogen-bond acceptors (Lipinski definition) is 5. The van der Waals surface area contributed by atoms with Gasteiger partial charge in [-0.05, 0) is 53.8 Å². The predicted molar refractivity (Wildman–Crippen MR) is 90.5 cm³/mol. The molecule has 2 heterocycles. The zero-order valence-corrected chi connectivity index (χ0v) is 14.1. The van der Waals surface area contributed by atoms with Gasteiger partial charge in [0.2, 0.25) is 0 Å². The van der Waals surface area contributed by atoms with Gasteiger partial charge >= 0.3 is 0 Å². The number of ether oxygens (including phenoxy) is 2. The fourth-order valence-electron chi connectivity index (χ4n) is 3.85. The molecule has 25 heavy (non-hydrogen) atoms. The zero-order valence-electron chi connectivity index (χ0n) is 14.1. The molecule has 0 aliphatic carbocycles. The van der Waals surface area contributed by atoms with E-state index in [9.17, 15) is 15.0 Å². The van der Waals surface area contributed by atoms with Gasteiger partial charge in [-0.1, -0.05) is 0 Å². The highest BCUT2D eigenvalue weighted by Gasteiger charge is 2.38. The van der Waals surface area contributed by atoms with Crippen LogP contribution in [0.4, 0.5) is 0 Å². The second-order valence-corrected chi connectivity index (χ2v) is 6.37. The summed E-state index contributed by atoms with van der Waals surface area (Å²) in [7, 11) is 2.97. The Kier molecular flexibility index (Phi) is 3.49. The smallest absolute Gasteiger partial charge is 0.254 e. The molecule has 6 heteroatoms. The van der Waals surface area contributed by atoms with E-state index in [1.165, 1.54) is 14.2 Å². The molecule has 0 fully saturated rings. The molecule has 2 N–H and O–H groups in total. The van der Waals surface area contributed by atoms with Crippen molar-refractivity contribution in [2.45, 2.75) is 18.9 Å². The van der Waals surface area contributed by atoms with Crippen LogP contribution in [0.25, 0.3) is 0 Å². The predicted octanol–water partition coefficient (Wildman–Crippen LogP) is 2.41. The highest BCUT2D eigenvalue weighted by atomic mass is 16.5. The first-order valence-electron chi connectivity index (χ1n) is 8.14. The van der Waals surface area contributed by atoms with Crippen molar-refractivity contribution in [2.75, 3.05) is 20.8 Å². The molecule has 6 nitrogen and oxygen atoms in total. The first kappa shape index (κ1) is 15.6. The van der Waals surface area contributed by atoms with Crippen molar-refractivity contribution in [2.24, 2.45) is 0 Å². The monoisotopic (exact) mass is 341 g/mol. The number of phenolic OH excluding ortho intramolecular Hbond substituents is 2. The van der Waals surface area contributed by atoms with E-state index in [4.69, 9.17) is 9.47 Å². The summed E-state index contributed by atoms with van der Waals surface area (Å²) in [6.45, 7) is 0.588. The van der Waals surface area contributed by atoms with E-state index in [0.717, 1.165) is 16.7 Å². The molecule has 0 aromatic heterocycles. The summed E-state index contributed by atoms with van der Waals surface area (Å²) >= 11 is 0. The van der Waals surface area contributed by atoms with Gasteiger partial charge in [-0.15, -0.1) is 0 Å². The number of nitrogens with zero attached hydrogens (tertiary/aromatic N) is 1. The minimum atomic E-state index is -0.133. The normalized spacial score (nSPS) is 18.2. The van der Waals surface area contributed by atoms with Gasteiger partial charge in [0.1, 0.15) is 0 Å². The summed E-state index contributed by atoms with van der Waals surface area (Å²) in [5.41, 5.74) is 3.37. The summed E-state index contributed by atoms with van der Waals surface area (Å²) in [6, 6.07) is 6.61. The van der Waals surface area contributed by atoms with Crippen LogP contribution in [-0.4, -0.2) is 41.8 Å². The van der Waals surface area contributed by atoms with Crippen molar-refractivity contribution in [1.29, 1.82) is 0 Å². The van der Waals surface area contributed by atoms with Crippen molar-refractivity contribution in [3.8, 4) is 23.0 Å². The largest absolute Gasteiger partial charge is 0.504 e. The molecule has 1 unspecified atom stereocenters. The molecule has 1 atom stereocenters. The van der Waals surface area contributed by atoms with Gasteiger partial charge in [-0.2, -0.15) is 0 Å². The van der Waals surface area contributed by atoms with Crippen LogP contribution >= 0.6 is 0 Å². The van der Waals surface area contributed by atoms with Crippen LogP contribution in [0.2, 0.25) is 0 Å². The third kappa shape index (κ3) is 2.28. The summed E-state index contributed by atoms with van der Waals surface area (Å²) in [6.07, 6.45) is 1.28. The Morgan fingerprint density at radius 1 is 1.00 bits per heavy atom. The number of benzene rings is 2. The average Bonchev–Trinajstić information content (AvgIpc) is 2.60. The van der Waals surface area contributed by atoms with E-state index in [2.05, 4.69) is 0 Å². The number of aromatic hydroxyl groups is 2. The Hall–Kier alpha value is -2.89. The number of rotatable bonds is 2. The molecule has 2 aliphatic rings. The first-order valence-corrected chi connectivity index (χ1v) is 8.14. The first-order chi connectivity index (χ1) is 12.0. The highest BCUT2D eigenvalue weighted by molar-refractivity contribution is 5.98. The molecular weight excluding hydrogens is 322 g/mol. The zero-order chi connectivity index (χ0) is 17.7. The lowest BCUT2D eigenvalue weighted by molar-refractivity contribution is 0.0630. The SMILES string of the molecule is COc1cc2c(cc1O)CC1c3cc(OC)c(O)cc3CCN1C2=O. The number of fused-ring (bicyclic) bond motifs is 4. The third-order valence-electron chi connectivity index (χ3n) is 5.11. The molecule has 0 saturated carbocycles. The van der Waals surface area contributed by atoms with Crippen molar-refractivity contribution < 1.29 is 24.5 Å². The number of carbonyl (C=O) groups is 1. The lowest BCUT2D eigenvalue weighted by Gasteiger charge is -2.41. The van der Waals surface area contributed by atoms with Gasteiger partial charge < -0.3 is 24.6 Å².